The Kier molecular flexibility index (Phi) is 4.26. The van der Waals surface area contributed by atoms with Crippen LogP contribution in [0.15, 0.2) is 22.7 Å². The standard InChI is InChI=1S/C10H10BrFO4S/c1-6(10(13)14)17(15,16)5-7-2-3-8(11)4-9(7)12/h2-4,6H,5H2,1H3,(H,13,14). The fraction of sp³-hybridized carbons (Fsp3) is 0.300. The van der Waals surface area contributed by atoms with Crippen LogP contribution in [0.1, 0.15) is 12.5 Å². The number of carboxylic acid groups (broad SMARTS) is 1. The maximum absolute atomic E-state index is 13.4. The van der Waals surface area contributed by atoms with Crippen molar-refractivity contribution in [2.45, 2.75) is 17.9 Å². The largest absolute Gasteiger partial charge is 0.480 e. The third kappa shape index (κ3) is 3.50. The second-order valence-corrected chi connectivity index (χ2v) is 6.76. The van der Waals surface area contributed by atoms with Crippen molar-refractivity contribution in [2.75, 3.05) is 0 Å². The van der Waals surface area contributed by atoms with Gasteiger partial charge in [-0.2, -0.15) is 0 Å². The Labute approximate surface area is 107 Å². The molecule has 1 aromatic rings. The van der Waals surface area contributed by atoms with E-state index in [0.717, 1.165) is 13.0 Å². The van der Waals surface area contributed by atoms with Gasteiger partial charge in [0.05, 0.1) is 5.75 Å². The number of benzene rings is 1. The fourth-order valence-corrected chi connectivity index (χ4v) is 2.69. The zero-order valence-corrected chi connectivity index (χ0v) is 11.3. The van der Waals surface area contributed by atoms with Crippen molar-refractivity contribution in [1.29, 1.82) is 0 Å². The van der Waals surface area contributed by atoms with Gasteiger partial charge in [0.15, 0.2) is 15.1 Å². The number of carbonyl (C=O) groups is 1. The lowest BCUT2D eigenvalue weighted by molar-refractivity contribution is -0.136. The van der Waals surface area contributed by atoms with E-state index in [1.54, 1.807) is 0 Å². The molecular weight excluding hydrogens is 315 g/mol. The molecular formula is C10H10BrFO4S. The van der Waals surface area contributed by atoms with E-state index >= 15 is 0 Å². The first kappa shape index (κ1) is 14.1. The molecule has 7 heteroatoms. The van der Waals surface area contributed by atoms with Crippen LogP contribution in [-0.2, 0) is 20.4 Å². The van der Waals surface area contributed by atoms with Gasteiger partial charge in [0.1, 0.15) is 5.82 Å². The molecule has 0 saturated heterocycles. The molecule has 0 aliphatic carbocycles. The summed E-state index contributed by atoms with van der Waals surface area (Å²) in [5.41, 5.74) is -0.0405. The first-order chi connectivity index (χ1) is 7.74. The summed E-state index contributed by atoms with van der Waals surface area (Å²) in [6, 6.07) is 3.95. The predicted octanol–water partition coefficient (Wildman–Crippen LogP) is 1.98. The van der Waals surface area contributed by atoms with Gasteiger partial charge in [0.25, 0.3) is 0 Å². The summed E-state index contributed by atoms with van der Waals surface area (Å²) in [6.45, 7) is 1.06. The van der Waals surface area contributed by atoms with Gasteiger partial charge in [-0.3, -0.25) is 4.79 Å². The van der Waals surface area contributed by atoms with Crippen LogP contribution < -0.4 is 0 Å². The SMILES string of the molecule is CC(C(=O)O)S(=O)(=O)Cc1ccc(Br)cc1F. The van der Waals surface area contributed by atoms with Crippen LogP contribution in [0, 0.1) is 5.82 Å². The summed E-state index contributed by atoms with van der Waals surface area (Å²) in [4.78, 5) is 10.6. The van der Waals surface area contributed by atoms with Crippen LogP contribution in [-0.4, -0.2) is 24.7 Å². The quantitative estimate of drug-likeness (QED) is 0.919. The molecule has 0 saturated carbocycles. The molecule has 1 aromatic carbocycles. The molecule has 0 aliphatic heterocycles. The van der Waals surface area contributed by atoms with Crippen LogP contribution in [0.5, 0.6) is 0 Å². The number of hydrogen-bond donors (Lipinski definition) is 1. The van der Waals surface area contributed by atoms with Gasteiger partial charge in [-0.05, 0) is 19.1 Å². The number of aliphatic carboxylic acids is 1. The molecule has 1 N–H and O–H groups in total. The molecule has 0 aliphatic rings. The maximum Gasteiger partial charge on any atom is 0.321 e. The van der Waals surface area contributed by atoms with Gasteiger partial charge < -0.3 is 5.11 Å². The van der Waals surface area contributed by atoms with Crippen molar-refractivity contribution < 1.29 is 22.7 Å². The average Bonchev–Trinajstić information content (AvgIpc) is 2.21. The van der Waals surface area contributed by atoms with Crippen molar-refractivity contribution in [3.05, 3.63) is 34.1 Å². The zero-order valence-electron chi connectivity index (χ0n) is 8.85. The normalized spacial score (nSPS) is 13.4. The second-order valence-electron chi connectivity index (χ2n) is 3.52. The van der Waals surface area contributed by atoms with Crippen LogP contribution in [0.3, 0.4) is 0 Å². The van der Waals surface area contributed by atoms with Crippen LogP contribution in [0.4, 0.5) is 4.39 Å². The van der Waals surface area contributed by atoms with Crippen molar-refractivity contribution in [3.8, 4) is 0 Å². The molecule has 0 radical (unpaired) electrons. The second kappa shape index (κ2) is 5.14. The minimum atomic E-state index is -3.90. The molecule has 0 heterocycles. The van der Waals surface area contributed by atoms with E-state index in [1.807, 2.05) is 0 Å². The van der Waals surface area contributed by atoms with Gasteiger partial charge in [0.2, 0.25) is 0 Å². The zero-order chi connectivity index (χ0) is 13.2. The molecule has 0 bridgehead atoms. The average molecular weight is 325 g/mol. The monoisotopic (exact) mass is 324 g/mol. The molecule has 0 amide bonds. The molecule has 1 atom stereocenters. The van der Waals surface area contributed by atoms with E-state index in [-0.39, 0.29) is 5.56 Å². The highest BCUT2D eigenvalue weighted by molar-refractivity contribution is 9.10. The van der Waals surface area contributed by atoms with Crippen molar-refractivity contribution in [2.24, 2.45) is 0 Å². The first-order valence-corrected chi connectivity index (χ1v) is 7.13. The summed E-state index contributed by atoms with van der Waals surface area (Å²) in [5.74, 6) is -2.75. The molecule has 17 heavy (non-hydrogen) atoms. The van der Waals surface area contributed by atoms with Crippen molar-refractivity contribution in [3.63, 3.8) is 0 Å². The van der Waals surface area contributed by atoms with Crippen molar-refractivity contribution in [1.82, 2.24) is 0 Å². The van der Waals surface area contributed by atoms with E-state index in [9.17, 15) is 17.6 Å². The molecule has 0 aromatic heterocycles. The van der Waals surface area contributed by atoms with E-state index in [1.165, 1.54) is 12.1 Å². The van der Waals surface area contributed by atoms with E-state index in [4.69, 9.17) is 5.11 Å². The van der Waals surface area contributed by atoms with Gasteiger partial charge in [-0.25, -0.2) is 12.8 Å². The van der Waals surface area contributed by atoms with Crippen molar-refractivity contribution >= 4 is 31.7 Å². The summed E-state index contributed by atoms with van der Waals surface area (Å²) in [5, 5.41) is 7.08. The fourth-order valence-electron chi connectivity index (χ4n) is 1.13. The number of sulfone groups is 1. The number of hydrogen-bond acceptors (Lipinski definition) is 3. The molecule has 4 nitrogen and oxygen atoms in total. The maximum atomic E-state index is 13.4. The number of carboxylic acids is 1. The van der Waals surface area contributed by atoms with E-state index in [0.29, 0.717) is 4.47 Å². The molecule has 94 valence electrons. The lowest BCUT2D eigenvalue weighted by Gasteiger charge is -2.09. The van der Waals surface area contributed by atoms with Crippen LogP contribution in [0.2, 0.25) is 0 Å². The van der Waals surface area contributed by atoms with E-state index in [2.05, 4.69) is 15.9 Å². The first-order valence-electron chi connectivity index (χ1n) is 4.62. The lowest BCUT2D eigenvalue weighted by atomic mass is 10.2. The Balaban J connectivity index is 3.02. The Morgan fingerprint density at radius 2 is 2.12 bits per heavy atom. The highest BCUT2D eigenvalue weighted by atomic mass is 79.9. The third-order valence-electron chi connectivity index (χ3n) is 2.26. The van der Waals surface area contributed by atoms with E-state index < -0.39 is 32.6 Å². The topological polar surface area (TPSA) is 71.4 Å². The molecule has 0 spiro atoms. The Morgan fingerprint density at radius 3 is 2.59 bits per heavy atom. The number of halogens is 2. The highest BCUT2D eigenvalue weighted by Crippen LogP contribution is 2.19. The van der Waals surface area contributed by atoms with Crippen LogP contribution >= 0.6 is 15.9 Å². The highest BCUT2D eigenvalue weighted by Gasteiger charge is 2.28. The summed E-state index contributed by atoms with van der Waals surface area (Å²) < 4.78 is 37.1. The van der Waals surface area contributed by atoms with Gasteiger partial charge >= 0.3 is 5.97 Å². The smallest absolute Gasteiger partial charge is 0.321 e. The Bertz CT molecular complexity index is 541. The third-order valence-corrected chi connectivity index (χ3v) is 4.74. The molecule has 0 fully saturated rings. The summed E-state index contributed by atoms with van der Waals surface area (Å²) >= 11 is 3.04. The summed E-state index contributed by atoms with van der Waals surface area (Å²) in [7, 11) is -3.90. The Hall–Kier alpha value is -0.950. The minimum absolute atomic E-state index is 0.0405. The van der Waals surface area contributed by atoms with Gasteiger partial charge in [0, 0.05) is 10.0 Å². The summed E-state index contributed by atoms with van der Waals surface area (Å²) in [6.07, 6.45) is 0. The Morgan fingerprint density at radius 1 is 1.53 bits per heavy atom. The lowest BCUT2D eigenvalue weighted by Crippen LogP contribution is -2.28. The van der Waals surface area contributed by atoms with Gasteiger partial charge in [-0.15, -0.1) is 0 Å². The van der Waals surface area contributed by atoms with Crippen LogP contribution in [0.25, 0.3) is 0 Å². The molecule has 1 rings (SSSR count). The minimum Gasteiger partial charge on any atom is -0.480 e. The predicted molar refractivity (Wildman–Crippen MR) is 63.8 cm³/mol. The molecule has 1 unspecified atom stereocenters. The van der Waals surface area contributed by atoms with Gasteiger partial charge in [-0.1, -0.05) is 22.0 Å². The number of rotatable bonds is 4.